The number of nitrogens with zero attached hydrogens (tertiary/aromatic N) is 2. The lowest BCUT2D eigenvalue weighted by Gasteiger charge is -2.31. The molecule has 3 aromatic rings. The zero-order chi connectivity index (χ0) is 25.9. The van der Waals surface area contributed by atoms with Gasteiger partial charge in [-0.15, -0.1) is 0 Å². The second kappa shape index (κ2) is 10.8. The van der Waals surface area contributed by atoms with Gasteiger partial charge in [-0.2, -0.15) is 0 Å². The average Bonchev–Trinajstić information content (AvgIpc) is 2.90. The first-order valence-electron chi connectivity index (χ1n) is 13.2. The number of carboxylic acid groups (broad SMARTS) is 1. The van der Waals surface area contributed by atoms with Crippen LogP contribution in [0.5, 0.6) is 5.88 Å². The monoisotopic (exact) mass is 498 g/mol. The van der Waals surface area contributed by atoms with Crippen LogP contribution in [0.15, 0.2) is 54.7 Å². The van der Waals surface area contributed by atoms with Crippen LogP contribution in [0.3, 0.4) is 0 Å². The van der Waals surface area contributed by atoms with Crippen LogP contribution in [-0.4, -0.2) is 40.0 Å². The second-order valence-electron chi connectivity index (χ2n) is 10.3. The number of hydrogen-bond acceptors (Lipinski definition) is 4. The third-order valence-corrected chi connectivity index (χ3v) is 7.80. The Hall–Kier alpha value is -3.67. The van der Waals surface area contributed by atoms with Crippen molar-refractivity contribution in [2.75, 3.05) is 13.2 Å². The summed E-state index contributed by atoms with van der Waals surface area (Å²) in [6.07, 6.45) is 6.56. The molecule has 6 nitrogen and oxygen atoms in total. The zero-order valence-corrected chi connectivity index (χ0v) is 21.6. The van der Waals surface area contributed by atoms with Gasteiger partial charge in [-0.25, -0.2) is 4.98 Å². The smallest absolute Gasteiger partial charge is 0.307 e. The molecule has 1 N–H and O–H groups in total. The lowest BCUT2D eigenvalue weighted by Crippen LogP contribution is -2.36. The first-order chi connectivity index (χ1) is 17.9. The Labute approximate surface area is 218 Å². The van der Waals surface area contributed by atoms with Crippen LogP contribution < -0.4 is 4.74 Å². The summed E-state index contributed by atoms with van der Waals surface area (Å²) in [5.74, 6) is -1.25. The Morgan fingerprint density at radius 1 is 1.05 bits per heavy atom. The number of pyridine rings is 1. The molecule has 0 saturated carbocycles. The van der Waals surface area contributed by atoms with E-state index in [9.17, 15) is 14.7 Å². The van der Waals surface area contributed by atoms with Crippen molar-refractivity contribution in [3.05, 3.63) is 93.7 Å². The molecule has 0 spiro atoms. The number of hydrogen-bond donors (Lipinski definition) is 1. The summed E-state index contributed by atoms with van der Waals surface area (Å²) in [5, 5.41) is 9.97. The van der Waals surface area contributed by atoms with Crippen LogP contribution in [0.2, 0.25) is 0 Å². The van der Waals surface area contributed by atoms with Crippen molar-refractivity contribution in [3.8, 4) is 5.88 Å². The molecule has 0 radical (unpaired) electrons. The van der Waals surface area contributed by atoms with Crippen molar-refractivity contribution >= 4 is 11.9 Å². The number of carbonyl (C=O) groups is 2. The van der Waals surface area contributed by atoms with Crippen LogP contribution >= 0.6 is 0 Å². The molecule has 2 aromatic carbocycles. The highest BCUT2D eigenvalue weighted by Gasteiger charge is 2.30. The van der Waals surface area contributed by atoms with Gasteiger partial charge in [0.05, 0.1) is 12.5 Å². The summed E-state index contributed by atoms with van der Waals surface area (Å²) in [6.45, 7) is 5.52. The lowest BCUT2D eigenvalue weighted by molar-refractivity contribution is -0.141. The molecule has 2 atom stereocenters. The molecule has 6 heterocycles. The number of aliphatic carboxylic acids is 1. The third-order valence-electron chi connectivity index (χ3n) is 7.80. The van der Waals surface area contributed by atoms with E-state index >= 15 is 0 Å². The normalized spacial score (nSPS) is 18.8. The number of carboxylic acids is 1. The van der Waals surface area contributed by atoms with Crippen LogP contribution in [-0.2, 0) is 24.2 Å². The standard InChI is InChI=1S/C31H34N2O4/c1-20-16-28-32-18-27(20)29(21(2)31(35)36)25-12-11-23-13-14-33(19-26(23)17-25)30(34)24-9-7-22(8-10-24)6-4-3-5-15-37-28/h7-12,16-18,21,29H,3-6,13-15,19H2,1-2H3,(H,35,36)/t21-,29+/m0/s1. The number of ether oxygens (including phenoxy) is 1. The van der Waals surface area contributed by atoms with Crippen molar-refractivity contribution in [2.45, 2.75) is 58.4 Å². The average molecular weight is 499 g/mol. The van der Waals surface area contributed by atoms with Gasteiger partial charge in [0, 0.05) is 36.8 Å². The Kier molecular flexibility index (Phi) is 7.26. The number of aromatic nitrogens is 1. The summed E-state index contributed by atoms with van der Waals surface area (Å²) in [6, 6.07) is 16.2. The van der Waals surface area contributed by atoms with E-state index in [0.717, 1.165) is 54.4 Å². The van der Waals surface area contributed by atoms with Crippen molar-refractivity contribution < 1.29 is 19.4 Å². The van der Waals surface area contributed by atoms with E-state index in [1.807, 2.05) is 36.1 Å². The van der Waals surface area contributed by atoms with Gasteiger partial charge in [-0.1, -0.05) is 37.3 Å². The number of rotatable bonds is 2. The molecule has 7 bridgehead atoms. The van der Waals surface area contributed by atoms with Crippen molar-refractivity contribution in [1.82, 2.24) is 9.88 Å². The molecule has 0 unspecified atom stereocenters. The highest BCUT2D eigenvalue weighted by molar-refractivity contribution is 5.94. The first kappa shape index (κ1) is 25.0. The van der Waals surface area contributed by atoms with Crippen molar-refractivity contribution in [3.63, 3.8) is 0 Å². The molecule has 6 heteroatoms. The minimum Gasteiger partial charge on any atom is -0.481 e. The van der Waals surface area contributed by atoms with E-state index in [-0.39, 0.29) is 11.8 Å². The summed E-state index contributed by atoms with van der Waals surface area (Å²) in [4.78, 5) is 31.9. The van der Waals surface area contributed by atoms with Crippen LogP contribution in [0.1, 0.15) is 75.8 Å². The third kappa shape index (κ3) is 5.38. The molecular formula is C31H34N2O4. The molecule has 192 valence electrons. The predicted molar refractivity (Wildman–Crippen MR) is 142 cm³/mol. The highest BCUT2D eigenvalue weighted by atomic mass is 16.5. The second-order valence-corrected chi connectivity index (χ2v) is 10.3. The van der Waals surface area contributed by atoms with E-state index in [2.05, 4.69) is 29.2 Å². The zero-order valence-electron chi connectivity index (χ0n) is 21.6. The lowest BCUT2D eigenvalue weighted by atomic mass is 9.79. The minimum absolute atomic E-state index is 0.0386. The van der Waals surface area contributed by atoms with Crippen LogP contribution in [0, 0.1) is 12.8 Å². The summed E-state index contributed by atoms with van der Waals surface area (Å²) in [7, 11) is 0. The SMILES string of the molecule is Cc1cc2ncc1[C@H]([C@H](C)C(=O)O)c1ccc3c(c1)CN(CC3)C(=O)c1ccc(cc1)CCCCCO2. The summed E-state index contributed by atoms with van der Waals surface area (Å²) in [5.41, 5.74) is 7.01. The maximum Gasteiger partial charge on any atom is 0.307 e. The maximum absolute atomic E-state index is 13.3. The van der Waals surface area contributed by atoms with Gasteiger partial charge < -0.3 is 14.7 Å². The van der Waals surface area contributed by atoms with E-state index in [4.69, 9.17) is 4.74 Å². The van der Waals surface area contributed by atoms with Gasteiger partial charge in [-0.05, 0) is 84.5 Å². The van der Waals surface area contributed by atoms with Crippen LogP contribution in [0.25, 0.3) is 0 Å². The van der Waals surface area contributed by atoms with Crippen molar-refractivity contribution in [1.29, 1.82) is 0 Å². The van der Waals surface area contributed by atoms with Crippen LogP contribution in [0.4, 0.5) is 0 Å². The fourth-order valence-electron chi connectivity index (χ4n) is 5.55. The fraction of sp³-hybridized carbons (Fsp3) is 0.387. The van der Waals surface area contributed by atoms with E-state index in [0.29, 0.717) is 31.1 Å². The Balaban J connectivity index is 1.54. The van der Waals surface area contributed by atoms with E-state index in [1.54, 1.807) is 13.1 Å². The van der Waals surface area contributed by atoms with Gasteiger partial charge >= 0.3 is 5.97 Å². The van der Waals surface area contributed by atoms with E-state index < -0.39 is 11.9 Å². The Morgan fingerprint density at radius 3 is 2.62 bits per heavy atom. The number of aryl methyl sites for hydroxylation is 2. The molecule has 37 heavy (non-hydrogen) atoms. The summed E-state index contributed by atoms with van der Waals surface area (Å²) >= 11 is 0. The minimum atomic E-state index is -0.853. The van der Waals surface area contributed by atoms with Gasteiger partial charge in [0.1, 0.15) is 0 Å². The summed E-state index contributed by atoms with van der Waals surface area (Å²) < 4.78 is 5.92. The quantitative estimate of drug-likeness (QED) is 0.501. The number of amides is 1. The largest absolute Gasteiger partial charge is 0.481 e. The van der Waals surface area contributed by atoms with Gasteiger partial charge in [0.15, 0.2) is 0 Å². The Bertz CT molecular complexity index is 1300. The number of carbonyl (C=O) groups excluding carboxylic acids is 1. The fourth-order valence-corrected chi connectivity index (χ4v) is 5.55. The molecule has 0 saturated heterocycles. The van der Waals surface area contributed by atoms with E-state index in [1.165, 1.54) is 11.1 Å². The molecule has 5 aliphatic heterocycles. The first-order valence-corrected chi connectivity index (χ1v) is 13.2. The molecule has 1 aromatic heterocycles. The molecule has 0 aliphatic carbocycles. The predicted octanol–water partition coefficient (Wildman–Crippen LogP) is 5.55. The molecule has 5 aliphatic rings. The van der Waals surface area contributed by atoms with Gasteiger partial charge in [0.25, 0.3) is 5.91 Å². The maximum atomic E-state index is 13.3. The topological polar surface area (TPSA) is 79.7 Å². The molecule has 8 rings (SSSR count). The number of benzene rings is 2. The highest BCUT2D eigenvalue weighted by Crippen LogP contribution is 2.36. The van der Waals surface area contributed by atoms with Gasteiger partial charge in [0.2, 0.25) is 5.88 Å². The molecule has 0 fully saturated rings. The molecule has 1 amide bonds. The van der Waals surface area contributed by atoms with Crippen molar-refractivity contribution in [2.24, 2.45) is 5.92 Å². The van der Waals surface area contributed by atoms with Gasteiger partial charge in [-0.3, -0.25) is 9.59 Å². The Morgan fingerprint density at radius 2 is 1.86 bits per heavy atom. The molecular weight excluding hydrogens is 464 g/mol.